The van der Waals surface area contributed by atoms with Gasteiger partial charge in [-0.2, -0.15) is 0 Å². The highest BCUT2D eigenvalue weighted by molar-refractivity contribution is 6.33. The fourth-order valence-corrected chi connectivity index (χ4v) is 2.94. The molecule has 0 amide bonds. The van der Waals surface area contributed by atoms with Crippen molar-refractivity contribution in [3.8, 4) is 11.5 Å². The molecule has 1 fully saturated rings. The summed E-state index contributed by atoms with van der Waals surface area (Å²) in [5, 5.41) is 4.22. The van der Waals surface area contributed by atoms with Gasteiger partial charge in [0, 0.05) is 18.2 Å². The predicted octanol–water partition coefficient (Wildman–Crippen LogP) is 4.74. The van der Waals surface area contributed by atoms with Gasteiger partial charge in [0.1, 0.15) is 0 Å². The molecular weight excluding hydrogens is 274 g/mol. The monoisotopic (exact) mass is 297 g/mol. The Morgan fingerprint density at radius 3 is 2.20 bits per heavy atom. The van der Waals surface area contributed by atoms with Crippen molar-refractivity contribution in [2.24, 2.45) is 5.41 Å². The molecule has 1 aromatic rings. The minimum Gasteiger partial charge on any atom is -0.493 e. The molecule has 0 unspecified atom stereocenters. The van der Waals surface area contributed by atoms with E-state index in [1.165, 1.54) is 25.7 Å². The lowest BCUT2D eigenvalue weighted by Crippen LogP contribution is -2.29. The Hall–Kier alpha value is -1.09. The molecule has 0 atom stereocenters. The van der Waals surface area contributed by atoms with Crippen molar-refractivity contribution in [2.75, 3.05) is 19.5 Å². The highest BCUT2D eigenvalue weighted by atomic mass is 35.5. The zero-order valence-electron chi connectivity index (χ0n) is 12.8. The van der Waals surface area contributed by atoms with Gasteiger partial charge in [-0.05, 0) is 31.1 Å². The molecule has 20 heavy (non-hydrogen) atoms. The van der Waals surface area contributed by atoms with E-state index in [0.717, 1.165) is 5.69 Å². The van der Waals surface area contributed by atoms with Crippen LogP contribution in [0.2, 0.25) is 5.02 Å². The van der Waals surface area contributed by atoms with Crippen LogP contribution in [-0.4, -0.2) is 20.3 Å². The van der Waals surface area contributed by atoms with Gasteiger partial charge in [-0.25, -0.2) is 0 Å². The summed E-state index contributed by atoms with van der Waals surface area (Å²) in [6, 6.07) is 4.20. The number of rotatable bonds is 4. The largest absolute Gasteiger partial charge is 0.493 e. The Bertz CT molecular complexity index is 464. The van der Waals surface area contributed by atoms with Crippen molar-refractivity contribution in [2.45, 2.75) is 45.6 Å². The van der Waals surface area contributed by atoms with E-state index in [1.807, 2.05) is 6.07 Å². The minimum absolute atomic E-state index is 0.472. The molecule has 0 saturated heterocycles. The summed E-state index contributed by atoms with van der Waals surface area (Å²) in [7, 11) is 3.25. The molecule has 0 radical (unpaired) electrons. The molecular formula is C16H24ClNO2. The maximum absolute atomic E-state index is 6.31. The zero-order valence-corrected chi connectivity index (χ0v) is 13.5. The van der Waals surface area contributed by atoms with E-state index >= 15 is 0 Å². The highest BCUT2D eigenvalue weighted by Crippen LogP contribution is 2.39. The third-order valence-electron chi connectivity index (χ3n) is 4.17. The van der Waals surface area contributed by atoms with Crippen LogP contribution in [0.4, 0.5) is 5.69 Å². The third kappa shape index (κ3) is 3.51. The quantitative estimate of drug-likeness (QED) is 0.871. The van der Waals surface area contributed by atoms with Crippen molar-refractivity contribution in [3.05, 3.63) is 17.2 Å². The minimum atomic E-state index is 0.472. The summed E-state index contributed by atoms with van der Waals surface area (Å²) < 4.78 is 10.6. The van der Waals surface area contributed by atoms with Crippen LogP contribution in [0, 0.1) is 5.41 Å². The summed E-state index contributed by atoms with van der Waals surface area (Å²) in [6.07, 6.45) is 4.85. The maximum Gasteiger partial charge on any atom is 0.162 e. The first kappa shape index (κ1) is 15.3. The van der Waals surface area contributed by atoms with Crippen molar-refractivity contribution < 1.29 is 9.47 Å². The van der Waals surface area contributed by atoms with Crippen LogP contribution in [0.1, 0.15) is 39.5 Å². The van der Waals surface area contributed by atoms with E-state index in [1.54, 1.807) is 20.3 Å². The van der Waals surface area contributed by atoms with Crippen LogP contribution in [0.25, 0.3) is 0 Å². The van der Waals surface area contributed by atoms with Crippen LogP contribution in [0.5, 0.6) is 11.5 Å². The van der Waals surface area contributed by atoms with Gasteiger partial charge < -0.3 is 14.8 Å². The third-order valence-corrected chi connectivity index (χ3v) is 4.48. The molecule has 4 heteroatoms. The fraction of sp³-hybridized carbons (Fsp3) is 0.625. The number of halogens is 1. The standard InChI is InChI=1S/C16H24ClNO2/c1-16(2)7-5-11(6-8-16)18-13-10-15(20-4)14(19-3)9-12(13)17/h9-11,18H,5-8H2,1-4H3. The smallest absolute Gasteiger partial charge is 0.162 e. The Balaban J connectivity index is 2.10. The summed E-state index contributed by atoms with van der Waals surface area (Å²) >= 11 is 6.31. The SMILES string of the molecule is COc1cc(Cl)c(NC2CCC(C)(C)CC2)cc1OC. The second-order valence-corrected chi connectivity index (χ2v) is 6.68. The number of anilines is 1. The first-order valence-electron chi connectivity index (χ1n) is 7.13. The average Bonchev–Trinajstić information content (AvgIpc) is 2.42. The fourth-order valence-electron chi connectivity index (χ4n) is 2.73. The Labute approximate surface area is 126 Å². The van der Waals surface area contributed by atoms with Crippen LogP contribution >= 0.6 is 11.6 Å². The second-order valence-electron chi connectivity index (χ2n) is 6.27. The maximum atomic E-state index is 6.31. The lowest BCUT2D eigenvalue weighted by Gasteiger charge is -2.35. The molecule has 1 aliphatic carbocycles. The van der Waals surface area contributed by atoms with E-state index in [0.29, 0.717) is 28.0 Å². The van der Waals surface area contributed by atoms with E-state index < -0.39 is 0 Å². The molecule has 0 aliphatic heterocycles. The molecule has 1 aliphatic rings. The summed E-state index contributed by atoms with van der Waals surface area (Å²) in [4.78, 5) is 0. The Kier molecular flexibility index (Phi) is 4.69. The van der Waals surface area contributed by atoms with Crippen molar-refractivity contribution in [3.63, 3.8) is 0 Å². The van der Waals surface area contributed by atoms with Gasteiger partial charge in [-0.1, -0.05) is 25.4 Å². The Morgan fingerprint density at radius 2 is 1.65 bits per heavy atom. The molecule has 2 rings (SSSR count). The number of nitrogens with one attached hydrogen (secondary N) is 1. The molecule has 0 bridgehead atoms. The van der Waals surface area contributed by atoms with E-state index in [9.17, 15) is 0 Å². The van der Waals surface area contributed by atoms with Gasteiger partial charge in [-0.15, -0.1) is 0 Å². The number of benzene rings is 1. The van der Waals surface area contributed by atoms with Crippen molar-refractivity contribution in [1.29, 1.82) is 0 Å². The average molecular weight is 298 g/mol. The molecule has 1 saturated carbocycles. The molecule has 1 aromatic carbocycles. The van der Waals surface area contributed by atoms with E-state index in [2.05, 4.69) is 19.2 Å². The van der Waals surface area contributed by atoms with Gasteiger partial charge in [0.25, 0.3) is 0 Å². The number of hydrogen-bond donors (Lipinski definition) is 1. The topological polar surface area (TPSA) is 30.5 Å². The first-order valence-corrected chi connectivity index (χ1v) is 7.51. The van der Waals surface area contributed by atoms with Crippen molar-refractivity contribution >= 4 is 17.3 Å². The van der Waals surface area contributed by atoms with Crippen LogP contribution < -0.4 is 14.8 Å². The molecule has 0 heterocycles. The summed E-state index contributed by atoms with van der Waals surface area (Å²) in [6.45, 7) is 4.68. The molecule has 3 nitrogen and oxygen atoms in total. The van der Waals surface area contributed by atoms with Gasteiger partial charge in [-0.3, -0.25) is 0 Å². The van der Waals surface area contributed by atoms with Gasteiger partial charge in [0.05, 0.1) is 24.9 Å². The zero-order chi connectivity index (χ0) is 14.8. The summed E-state index contributed by atoms with van der Waals surface area (Å²) in [5.41, 5.74) is 1.40. The summed E-state index contributed by atoms with van der Waals surface area (Å²) in [5.74, 6) is 1.36. The number of methoxy groups -OCH3 is 2. The normalized spacial score (nSPS) is 18.6. The lowest BCUT2D eigenvalue weighted by atomic mass is 9.75. The molecule has 112 valence electrons. The Morgan fingerprint density at radius 1 is 1.10 bits per heavy atom. The molecule has 1 N–H and O–H groups in total. The van der Waals surface area contributed by atoms with Gasteiger partial charge in [0.15, 0.2) is 11.5 Å². The van der Waals surface area contributed by atoms with Crippen LogP contribution in [0.3, 0.4) is 0 Å². The van der Waals surface area contributed by atoms with Gasteiger partial charge >= 0.3 is 0 Å². The van der Waals surface area contributed by atoms with E-state index in [-0.39, 0.29) is 0 Å². The first-order chi connectivity index (χ1) is 9.45. The molecule has 0 aromatic heterocycles. The molecule has 0 spiro atoms. The number of hydrogen-bond acceptors (Lipinski definition) is 3. The van der Waals surface area contributed by atoms with Crippen molar-refractivity contribution in [1.82, 2.24) is 0 Å². The lowest BCUT2D eigenvalue weighted by molar-refractivity contribution is 0.232. The highest BCUT2D eigenvalue weighted by Gasteiger charge is 2.27. The van der Waals surface area contributed by atoms with Crippen LogP contribution in [0.15, 0.2) is 12.1 Å². The predicted molar refractivity (Wildman–Crippen MR) is 84.2 cm³/mol. The van der Waals surface area contributed by atoms with Crippen LogP contribution in [-0.2, 0) is 0 Å². The number of ether oxygens (including phenoxy) is 2. The van der Waals surface area contributed by atoms with E-state index in [4.69, 9.17) is 21.1 Å². The second kappa shape index (κ2) is 6.13. The van der Waals surface area contributed by atoms with Gasteiger partial charge in [0.2, 0.25) is 0 Å².